The van der Waals surface area contributed by atoms with E-state index in [0.29, 0.717) is 29.2 Å². The van der Waals surface area contributed by atoms with Gasteiger partial charge in [0.1, 0.15) is 17.3 Å². The lowest BCUT2D eigenvalue weighted by atomic mass is 9.95. The number of aromatic hydroxyl groups is 1. The molecule has 1 fully saturated rings. The molecule has 3 aromatic rings. The number of amides is 1. The molecule has 6 nitrogen and oxygen atoms in total. The first-order valence-electron chi connectivity index (χ1n) is 10.6. The SMILES string of the molecule is CCCOc1cccc(/C(O)=C2\C(=O)C(=O)N(c3cc(Cl)cc(Cl)c3)C2c2ccc(O)cc2)c1. The lowest BCUT2D eigenvalue weighted by Gasteiger charge is -2.26. The molecule has 3 aromatic carbocycles. The van der Waals surface area contributed by atoms with Crippen molar-refractivity contribution in [3.05, 3.63) is 93.5 Å². The second-order valence-electron chi connectivity index (χ2n) is 7.76. The van der Waals surface area contributed by atoms with Crippen molar-refractivity contribution in [1.29, 1.82) is 0 Å². The van der Waals surface area contributed by atoms with Crippen LogP contribution in [0.5, 0.6) is 11.5 Å². The number of carbonyl (C=O) groups excluding carboxylic acids is 2. The van der Waals surface area contributed by atoms with E-state index in [4.69, 9.17) is 27.9 Å². The summed E-state index contributed by atoms with van der Waals surface area (Å²) < 4.78 is 5.64. The Kier molecular flexibility index (Phi) is 6.82. The molecule has 174 valence electrons. The van der Waals surface area contributed by atoms with E-state index in [9.17, 15) is 19.8 Å². The van der Waals surface area contributed by atoms with E-state index >= 15 is 0 Å². The van der Waals surface area contributed by atoms with Gasteiger partial charge in [0, 0.05) is 21.3 Å². The molecule has 1 heterocycles. The van der Waals surface area contributed by atoms with Crippen molar-refractivity contribution in [3.63, 3.8) is 0 Å². The van der Waals surface area contributed by atoms with Crippen LogP contribution in [0.3, 0.4) is 0 Å². The summed E-state index contributed by atoms with van der Waals surface area (Å²) in [5, 5.41) is 21.6. The first-order chi connectivity index (χ1) is 16.3. The molecule has 34 heavy (non-hydrogen) atoms. The summed E-state index contributed by atoms with van der Waals surface area (Å²) in [6, 6.07) is 16.3. The molecule has 1 aliphatic heterocycles. The molecule has 0 saturated carbocycles. The highest BCUT2D eigenvalue weighted by molar-refractivity contribution is 6.52. The van der Waals surface area contributed by atoms with Gasteiger partial charge in [0.05, 0.1) is 18.2 Å². The Hall–Kier alpha value is -3.48. The molecule has 1 unspecified atom stereocenters. The second kappa shape index (κ2) is 9.79. The van der Waals surface area contributed by atoms with Crippen LogP contribution in [0.25, 0.3) is 5.76 Å². The Labute approximate surface area is 206 Å². The molecule has 1 amide bonds. The Morgan fingerprint density at radius 3 is 2.32 bits per heavy atom. The molecule has 0 aliphatic carbocycles. The molecule has 0 aromatic heterocycles. The molecule has 8 heteroatoms. The summed E-state index contributed by atoms with van der Waals surface area (Å²) in [7, 11) is 0. The average Bonchev–Trinajstić information content (AvgIpc) is 3.07. The van der Waals surface area contributed by atoms with E-state index < -0.39 is 17.7 Å². The number of aliphatic hydroxyl groups is 1. The van der Waals surface area contributed by atoms with Crippen molar-refractivity contribution in [1.82, 2.24) is 0 Å². The normalized spacial score (nSPS) is 17.3. The zero-order chi connectivity index (χ0) is 24.4. The number of carbonyl (C=O) groups is 2. The molecule has 1 aliphatic rings. The number of halogens is 2. The Morgan fingerprint density at radius 1 is 1.00 bits per heavy atom. The van der Waals surface area contributed by atoms with Gasteiger partial charge in [0.2, 0.25) is 0 Å². The highest BCUT2D eigenvalue weighted by atomic mass is 35.5. The summed E-state index contributed by atoms with van der Waals surface area (Å²) in [6.07, 6.45) is 0.810. The van der Waals surface area contributed by atoms with E-state index in [2.05, 4.69) is 0 Å². The standard InChI is InChI=1S/C26H21Cl2NO5/c1-2-10-34-21-5-3-4-16(11-21)24(31)22-23(15-6-8-20(30)9-7-15)29(26(33)25(22)32)19-13-17(27)12-18(28)14-19/h3-9,11-14,23,30-31H,2,10H2,1H3/b24-22+. The lowest BCUT2D eigenvalue weighted by molar-refractivity contribution is -0.132. The molecule has 0 bridgehead atoms. The smallest absolute Gasteiger partial charge is 0.300 e. The number of hydrogen-bond acceptors (Lipinski definition) is 5. The first-order valence-corrected chi connectivity index (χ1v) is 11.3. The van der Waals surface area contributed by atoms with Crippen molar-refractivity contribution in [2.24, 2.45) is 0 Å². The number of nitrogens with zero attached hydrogens (tertiary/aromatic N) is 1. The van der Waals surface area contributed by atoms with E-state index in [-0.39, 0.29) is 27.1 Å². The predicted molar refractivity (Wildman–Crippen MR) is 132 cm³/mol. The number of benzene rings is 3. The summed E-state index contributed by atoms with van der Waals surface area (Å²) in [5.41, 5.74) is 1.05. The van der Waals surface area contributed by atoms with Crippen LogP contribution in [0, 0.1) is 0 Å². The van der Waals surface area contributed by atoms with Crippen molar-refractivity contribution in [3.8, 4) is 11.5 Å². The Balaban J connectivity index is 1.91. The molecular formula is C26H21Cl2NO5. The monoisotopic (exact) mass is 497 g/mol. The maximum Gasteiger partial charge on any atom is 0.300 e. The van der Waals surface area contributed by atoms with E-state index in [0.717, 1.165) is 6.42 Å². The number of aliphatic hydroxyl groups excluding tert-OH is 1. The summed E-state index contributed by atoms with van der Waals surface area (Å²) in [5.74, 6) is -1.48. The number of Topliss-reactive ketones (excluding diaryl/α,β-unsaturated/α-hetero) is 1. The van der Waals surface area contributed by atoms with E-state index in [1.165, 1.54) is 35.2 Å². The van der Waals surface area contributed by atoms with Gasteiger partial charge in [-0.2, -0.15) is 0 Å². The van der Waals surface area contributed by atoms with Crippen LogP contribution in [0.2, 0.25) is 10.0 Å². The Bertz CT molecular complexity index is 1270. The maximum absolute atomic E-state index is 13.2. The number of phenolic OH excluding ortho intramolecular Hbond substituents is 1. The molecule has 1 saturated heterocycles. The second-order valence-corrected chi connectivity index (χ2v) is 8.64. The van der Waals surface area contributed by atoms with Crippen molar-refractivity contribution >= 4 is 46.3 Å². The van der Waals surface area contributed by atoms with E-state index in [1.807, 2.05) is 6.92 Å². The highest BCUT2D eigenvalue weighted by Gasteiger charge is 2.47. The molecule has 4 rings (SSSR count). The fourth-order valence-corrected chi connectivity index (χ4v) is 4.37. The number of ether oxygens (including phenoxy) is 1. The molecule has 2 N–H and O–H groups in total. The lowest BCUT2D eigenvalue weighted by Crippen LogP contribution is -2.29. The number of phenols is 1. The Morgan fingerprint density at radius 2 is 1.68 bits per heavy atom. The van der Waals surface area contributed by atoms with Crippen LogP contribution in [0.1, 0.15) is 30.5 Å². The van der Waals surface area contributed by atoms with Gasteiger partial charge >= 0.3 is 0 Å². The van der Waals surface area contributed by atoms with Crippen LogP contribution in [0.4, 0.5) is 5.69 Å². The molecule has 0 spiro atoms. The number of ketones is 1. The fraction of sp³-hybridized carbons (Fsp3) is 0.154. The third-order valence-corrected chi connectivity index (χ3v) is 5.80. The van der Waals surface area contributed by atoms with Crippen LogP contribution >= 0.6 is 23.2 Å². The van der Waals surface area contributed by atoms with Crippen molar-refractivity contribution in [2.45, 2.75) is 19.4 Å². The van der Waals surface area contributed by atoms with Gasteiger partial charge in [-0.25, -0.2) is 0 Å². The largest absolute Gasteiger partial charge is 0.508 e. The average molecular weight is 498 g/mol. The highest BCUT2D eigenvalue weighted by Crippen LogP contribution is 2.43. The van der Waals surface area contributed by atoms with Crippen LogP contribution in [-0.2, 0) is 9.59 Å². The summed E-state index contributed by atoms with van der Waals surface area (Å²) >= 11 is 12.3. The van der Waals surface area contributed by atoms with Crippen molar-refractivity contribution in [2.75, 3.05) is 11.5 Å². The fourth-order valence-electron chi connectivity index (χ4n) is 3.86. The third kappa shape index (κ3) is 4.60. The van der Waals surface area contributed by atoms with Crippen LogP contribution in [-0.4, -0.2) is 28.5 Å². The summed E-state index contributed by atoms with van der Waals surface area (Å²) in [6.45, 7) is 2.47. The number of anilines is 1. The van der Waals surface area contributed by atoms with Gasteiger partial charge < -0.3 is 14.9 Å². The molecule has 1 atom stereocenters. The van der Waals surface area contributed by atoms with Gasteiger partial charge in [-0.05, 0) is 54.4 Å². The van der Waals surface area contributed by atoms with Gasteiger partial charge in [0.25, 0.3) is 11.7 Å². The topological polar surface area (TPSA) is 87.1 Å². The zero-order valence-corrected chi connectivity index (χ0v) is 19.7. The summed E-state index contributed by atoms with van der Waals surface area (Å²) in [4.78, 5) is 27.7. The minimum Gasteiger partial charge on any atom is -0.508 e. The maximum atomic E-state index is 13.2. The first kappa shape index (κ1) is 23.7. The van der Waals surface area contributed by atoms with E-state index in [1.54, 1.807) is 36.4 Å². The van der Waals surface area contributed by atoms with Crippen molar-refractivity contribution < 1.29 is 24.5 Å². The van der Waals surface area contributed by atoms with Gasteiger partial charge in [-0.1, -0.05) is 54.4 Å². The van der Waals surface area contributed by atoms with Gasteiger partial charge in [-0.3, -0.25) is 14.5 Å². The quantitative estimate of drug-likeness (QED) is 0.243. The van der Waals surface area contributed by atoms with Crippen LogP contribution in [0.15, 0.2) is 72.3 Å². The number of hydrogen-bond donors (Lipinski definition) is 2. The van der Waals surface area contributed by atoms with Crippen LogP contribution < -0.4 is 9.64 Å². The minimum absolute atomic E-state index is 0.0206. The minimum atomic E-state index is -0.977. The molecular weight excluding hydrogens is 477 g/mol. The zero-order valence-electron chi connectivity index (χ0n) is 18.2. The molecule has 0 radical (unpaired) electrons. The predicted octanol–water partition coefficient (Wildman–Crippen LogP) is 6.11. The van der Waals surface area contributed by atoms with Gasteiger partial charge in [-0.15, -0.1) is 0 Å². The third-order valence-electron chi connectivity index (χ3n) is 5.36. The van der Waals surface area contributed by atoms with Gasteiger partial charge in [0.15, 0.2) is 0 Å². The number of rotatable bonds is 6.